The number of carboxylic acid groups (broad SMARTS) is 1. The Labute approximate surface area is 230 Å². The number of aliphatic carboxylic acids is 1. The Morgan fingerprint density at radius 2 is 1.80 bits per heavy atom. The van der Waals surface area contributed by atoms with Gasteiger partial charge in [0.1, 0.15) is 22.1 Å². The molecule has 1 saturated heterocycles. The lowest BCUT2D eigenvalue weighted by atomic mass is 9.87. The van der Waals surface area contributed by atoms with Crippen LogP contribution in [-0.2, 0) is 19.4 Å². The minimum atomic E-state index is -5.08. The van der Waals surface area contributed by atoms with Crippen molar-refractivity contribution in [1.29, 1.82) is 0 Å². The van der Waals surface area contributed by atoms with Crippen molar-refractivity contribution in [2.75, 3.05) is 37.0 Å². The molecule has 1 fully saturated rings. The fourth-order valence-electron chi connectivity index (χ4n) is 4.13. The number of alkyl halides is 3. The molecule has 0 aliphatic carbocycles. The second-order valence-corrected chi connectivity index (χ2v) is 12.2. The van der Waals surface area contributed by atoms with Gasteiger partial charge in [0.25, 0.3) is 11.8 Å². The molecule has 0 radical (unpaired) electrons. The van der Waals surface area contributed by atoms with Crippen LogP contribution in [0.2, 0.25) is 0 Å². The maximum Gasteiger partial charge on any atom is 0.490 e. The van der Waals surface area contributed by atoms with Crippen molar-refractivity contribution >= 4 is 65.9 Å². The van der Waals surface area contributed by atoms with Crippen LogP contribution in [0.3, 0.4) is 0 Å². The fraction of sp³-hybridized carbons (Fsp3) is 0.435. The molecule has 0 unspecified atom stereocenters. The summed E-state index contributed by atoms with van der Waals surface area (Å²) in [5.74, 6) is -3.48. The first kappa shape index (κ1) is 30.8. The second-order valence-electron chi connectivity index (χ2n) is 9.00. The zero-order valence-corrected chi connectivity index (χ0v) is 22.9. The minimum absolute atomic E-state index is 0.152. The maximum absolute atomic E-state index is 13.5. The number of aliphatic imine (C=N–C) groups is 1. The van der Waals surface area contributed by atoms with Gasteiger partial charge in [0.05, 0.1) is 5.56 Å². The highest BCUT2D eigenvalue weighted by Gasteiger charge is 2.47. The van der Waals surface area contributed by atoms with E-state index in [2.05, 4.69) is 20.9 Å². The molecular formula is C23H26F3N5O7S2. The van der Waals surface area contributed by atoms with E-state index in [1.165, 1.54) is 11.3 Å². The van der Waals surface area contributed by atoms with Crippen LogP contribution in [0, 0.1) is 0 Å². The first-order valence-corrected chi connectivity index (χ1v) is 14.7. The Hall–Kier alpha value is -3.73. The summed E-state index contributed by atoms with van der Waals surface area (Å²) >= 11 is 1.33. The average Bonchev–Trinajstić information content (AvgIpc) is 3.34. The summed E-state index contributed by atoms with van der Waals surface area (Å²) in [5, 5.41) is 16.4. The number of halogens is 3. The zero-order chi connectivity index (χ0) is 29.9. The number of amidine groups is 1. The van der Waals surface area contributed by atoms with Crippen LogP contribution in [0.4, 0.5) is 23.0 Å². The lowest BCUT2D eigenvalue weighted by Crippen LogP contribution is -2.50. The van der Waals surface area contributed by atoms with Crippen LogP contribution in [0.1, 0.15) is 30.1 Å². The number of likely N-dealkylation sites (tertiary alicyclic amines) is 1. The monoisotopic (exact) mass is 605 g/mol. The van der Waals surface area contributed by atoms with Gasteiger partial charge in [0.2, 0.25) is 0 Å². The molecule has 17 heteroatoms. The van der Waals surface area contributed by atoms with E-state index in [9.17, 15) is 36.0 Å². The molecular weight excluding hydrogens is 579 g/mol. The number of carbonyl (C=O) groups excluding carboxylic acids is 3. The van der Waals surface area contributed by atoms with Crippen LogP contribution in [0.25, 0.3) is 10.1 Å². The molecule has 0 saturated carbocycles. The van der Waals surface area contributed by atoms with E-state index in [0.29, 0.717) is 30.0 Å². The maximum atomic E-state index is 13.5. The smallest absolute Gasteiger partial charge is 0.475 e. The van der Waals surface area contributed by atoms with Crippen molar-refractivity contribution in [3.8, 4) is 0 Å². The standard InChI is InChI=1S/C21H25N5O5S2.C2HF3O2/c1-3-22-20(29)24-17-16(13-6-4-5-7-14(13)32-17)18(27)26-10-8-21(9-11-26)19(28)23-15(25-21)12-33(2,30)31;3-2(4,5)1(6)7/h4-7H,3,8-12H2,1-2H3,(H2,22,24,29)(H,23,25,28);(H,6,7). The normalized spacial score (nSPS) is 16.6. The molecule has 0 bridgehead atoms. The van der Waals surface area contributed by atoms with Crippen molar-refractivity contribution in [2.45, 2.75) is 31.5 Å². The van der Waals surface area contributed by atoms with Crippen molar-refractivity contribution in [1.82, 2.24) is 15.5 Å². The molecule has 2 aromatic rings. The summed E-state index contributed by atoms with van der Waals surface area (Å²) in [4.78, 5) is 53.2. The zero-order valence-electron chi connectivity index (χ0n) is 21.3. The van der Waals surface area contributed by atoms with Crippen molar-refractivity contribution < 1.29 is 45.9 Å². The summed E-state index contributed by atoms with van der Waals surface area (Å²) in [7, 11) is -3.33. The molecule has 4 amide bonds. The predicted octanol–water partition coefficient (Wildman–Crippen LogP) is 2.22. The second kappa shape index (κ2) is 11.8. The summed E-state index contributed by atoms with van der Waals surface area (Å²) in [6.07, 6.45) is -3.41. The number of thiophene rings is 1. The minimum Gasteiger partial charge on any atom is -0.475 e. The highest BCUT2D eigenvalue weighted by molar-refractivity contribution is 7.91. The van der Waals surface area contributed by atoms with Gasteiger partial charge in [-0.3, -0.25) is 19.9 Å². The highest BCUT2D eigenvalue weighted by atomic mass is 32.2. The number of hydrogen-bond acceptors (Lipinski definition) is 8. The molecule has 40 heavy (non-hydrogen) atoms. The lowest BCUT2D eigenvalue weighted by Gasteiger charge is -2.35. The van der Waals surface area contributed by atoms with Crippen LogP contribution >= 0.6 is 11.3 Å². The van der Waals surface area contributed by atoms with Crippen molar-refractivity contribution in [3.05, 3.63) is 29.8 Å². The lowest BCUT2D eigenvalue weighted by molar-refractivity contribution is -0.192. The van der Waals surface area contributed by atoms with E-state index < -0.39 is 27.5 Å². The molecule has 12 nitrogen and oxygen atoms in total. The molecule has 1 spiro atoms. The van der Waals surface area contributed by atoms with E-state index in [-0.39, 0.29) is 42.5 Å². The fourth-order valence-corrected chi connectivity index (χ4v) is 5.85. The topological polar surface area (TPSA) is 174 Å². The number of carbonyl (C=O) groups is 4. The molecule has 3 heterocycles. The van der Waals surface area contributed by atoms with Crippen LogP contribution in [0.15, 0.2) is 29.3 Å². The summed E-state index contributed by atoms with van der Waals surface area (Å²) in [5.41, 5.74) is -0.620. The first-order valence-electron chi connectivity index (χ1n) is 11.8. The molecule has 2 aliphatic heterocycles. The Bertz CT molecular complexity index is 1460. The molecule has 4 N–H and O–H groups in total. The quantitative estimate of drug-likeness (QED) is 0.404. The average molecular weight is 606 g/mol. The van der Waals surface area contributed by atoms with Gasteiger partial charge in [0.15, 0.2) is 9.84 Å². The van der Waals surface area contributed by atoms with E-state index in [1.54, 1.807) is 4.90 Å². The van der Waals surface area contributed by atoms with E-state index in [0.717, 1.165) is 16.3 Å². The van der Waals surface area contributed by atoms with Gasteiger partial charge in [-0.2, -0.15) is 13.2 Å². The number of urea groups is 1. The number of carboxylic acids is 1. The Balaban J connectivity index is 0.000000559. The van der Waals surface area contributed by atoms with Gasteiger partial charge in [-0.05, 0) is 25.8 Å². The molecule has 0 atom stereocenters. The number of hydrogen-bond donors (Lipinski definition) is 4. The third-order valence-electron chi connectivity index (χ3n) is 5.92. The molecule has 218 valence electrons. The number of anilines is 1. The van der Waals surface area contributed by atoms with Crippen LogP contribution in [-0.4, -0.2) is 91.4 Å². The Kier molecular flexibility index (Phi) is 9.08. The number of piperidine rings is 1. The first-order chi connectivity index (χ1) is 18.6. The summed E-state index contributed by atoms with van der Waals surface area (Å²) < 4.78 is 55.8. The summed E-state index contributed by atoms with van der Waals surface area (Å²) in [6.45, 7) is 2.83. The van der Waals surface area contributed by atoms with Gasteiger partial charge in [0, 0.05) is 36.0 Å². The molecule has 4 rings (SSSR count). The number of benzene rings is 1. The number of rotatable bonds is 5. The third-order valence-corrected chi connectivity index (χ3v) is 7.81. The van der Waals surface area contributed by atoms with Gasteiger partial charge in [-0.1, -0.05) is 18.2 Å². The Morgan fingerprint density at radius 1 is 1.20 bits per heavy atom. The summed E-state index contributed by atoms with van der Waals surface area (Å²) in [6, 6.07) is 7.07. The molecule has 1 aromatic carbocycles. The molecule has 1 aromatic heterocycles. The van der Waals surface area contributed by atoms with Crippen LogP contribution < -0.4 is 16.0 Å². The third kappa shape index (κ3) is 7.26. The Morgan fingerprint density at radius 3 is 2.35 bits per heavy atom. The number of nitrogens with zero attached hydrogens (tertiary/aromatic N) is 2. The SMILES string of the molecule is CCNC(=O)Nc1sc2ccccc2c1C(=O)N1CCC2(CC1)N=C(CS(C)(=O)=O)NC2=O.O=C(O)C(F)(F)F. The number of sulfone groups is 1. The van der Waals surface area contributed by atoms with Crippen molar-refractivity contribution in [3.63, 3.8) is 0 Å². The number of fused-ring (bicyclic) bond motifs is 1. The van der Waals surface area contributed by atoms with E-state index >= 15 is 0 Å². The molecule has 2 aliphatic rings. The van der Waals surface area contributed by atoms with Gasteiger partial charge in [-0.25, -0.2) is 18.0 Å². The van der Waals surface area contributed by atoms with Gasteiger partial charge >= 0.3 is 18.2 Å². The van der Waals surface area contributed by atoms with E-state index in [1.807, 2.05) is 31.2 Å². The van der Waals surface area contributed by atoms with Gasteiger partial charge < -0.3 is 20.6 Å². The van der Waals surface area contributed by atoms with E-state index in [4.69, 9.17) is 9.90 Å². The highest BCUT2D eigenvalue weighted by Crippen LogP contribution is 2.38. The van der Waals surface area contributed by atoms with Crippen LogP contribution in [0.5, 0.6) is 0 Å². The van der Waals surface area contributed by atoms with Crippen molar-refractivity contribution in [2.24, 2.45) is 4.99 Å². The number of nitrogens with one attached hydrogen (secondary N) is 3. The largest absolute Gasteiger partial charge is 0.490 e. The van der Waals surface area contributed by atoms with Gasteiger partial charge in [-0.15, -0.1) is 11.3 Å². The predicted molar refractivity (Wildman–Crippen MR) is 141 cm³/mol. The number of amides is 4.